The summed E-state index contributed by atoms with van der Waals surface area (Å²) in [7, 11) is 0. The van der Waals surface area contributed by atoms with Crippen LogP contribution in [-0.4, -0.2) is 25.2 Å². The topological polar surface area (TPSA) is 52.6 Å². The van der Waals surface area contributed by atoms with Crippen LogP contribution in [-0.2, 0) is 19.1 Å². The van der Waals surface area contributed by atoms with Gasteiger partial charge in [-0.3, -0.25) is 9.59 Å². The number of hydrogen-bond acceptors (Lipinski definition) is 4. The van der Waals surface area contributed by atoms with E-state index in [2.05, 4.69) is 13.8 Å². The van der Waals surface area contributed by atoms with Gasteiger partial charge < -0.3 is 9.47 Å². The summed E-state index contributed by atoms with van der Waals surface area (Å²) in [6.45, 7) is 7.13. The van der Waals surface area contributed by atoms with Crippen molar-refractivity contribution in [3.8, 4) is 0 Å². The van der Waals surface area contributed by atoms with E-state index in [9.17, 15) is 9.59 Å². The van der Waals surface area contributed by atoms with Crippen molar-refractivity contribution in [2.24, 2.45) is 5.92 Å². The van der Waals surface area contributed by atoms with Crippen LogP contribution in [0.5, 0.6) is 0 Å². The minimum absolute atomic E-state index is 0.145. The summed E-state index contributed by atoms with van der Waals surface area (Å²) in [6, 6.07) is 0. The average molecular weight is 300 g/mol. The van der Waals surface area contributed by atoms with Crippen molar-refractivity contribution in [3.63, 3.8) is 0 Å². The third kappa shape index (κ3) is 11.3. The van der Waals surface area contributed by atoms with Crippen molar-refractivity contribution in [3.05, 3.63) is 0 Å². The zero-order valence-corrected chi connectivity index (χ0v) is 14.0. The summed E-state index contributed by atoms with van der Waals surface area (Å²) < 4.78 is 10.4. The summed E-state index contributed by atoms with van der Waals surface area (Å²) in [6.07, 6.45) is 7.78. The van der Waals surface area contributed by atoms with Gasteiger partial charge in [0.15, 0.2) is 0 Å². The van der Waals surface area contributed by atoms with Gasteiger partial charge in [0.05, 0.1) is 25.6 Å². The van der Waals surface area contributed by atoms with E-state index in [0.29, 0.717) is 19.6 Å². The molecule has 1 unspecified atom stereocenters. The first-order valence-electron chi connectivity index (χ1n) is 8.47. The fraction of sp³-hybridized carbons (Fsp3) is 0.882. The molecule has 0 amide bonds. The van der Waals surface area contributed by atoms with E-state index in [1.165, 1.54) is 0 Å². The predicted octanol–water partition coefficient (Wildman–Crippen LogP) is 4.26. The van der Waals surface area contributed by atoms with E-state index < -0.39 is 0 Å². The minimum atomic E-state index is -0.352. The third-order valence-corrected chi connectivity index (χ3v) is 3.39. The number of ether oxygens (including phenoxy) is 2. The molecule has 0 spiro atoms. The van der Waals surface area contributed by atoms with E-state index in [1.807, 2.05) is 6.92 Å². The van der Waals surface area contributed by atoms with Gasteiger partial charge in [-0.2, -0.15) is 0 Å². The fourth-order valence-corrected chi connectivity index (χ4v) is 2.09. The molecular weight excluding hydrogens is 268 g/mol. The van der Waals surface area contributed by atoms with Gasteiger partial charge >= 0.3 is 11.9 Å². The first kappa shape index (κ1) is 19.9. The average Bonchev–Trinajstić information content (AvgIpc) is 2.47. The normalized spacial score (nSPS) is 12.0. The molecule has 0 radical (unpaired) electrons. The molecule has 0 N–H and O–H groups in total. The molecule has 0 fully saturated rings. The third-order valence-electron chi connectivity index (χ3n) is 3.39. The van der Waals surface area contributed by atoms with Crippen LogP contribution >= 0.6 is 0 Å². The highest BCUT2D eigenvalue weighted by Crippen LogP contribution is 2.15. The van der Waals surface area contributed by atoms with E-state index in [4.69, 9.17) is 9.47 Å². The number of carbonyl (C=O) groups excluding carboxylic acids is 2. The van der Waals surface area contributed by atoms with Gasteiger partial charge in [0.1, 0.15) is 0 Å². The van der Waals surface area contributed by atoms with Crippen molar-refractivity contribution >= 4 is 11.9 Å². The Morgan fingerprint density at radius 1 is 0.810 bits per heavy atom. The molecule has 0 bridgehead atoms. The van der Waals surface area contributed by atoms with Gasteiger partial charge in [-0.1, -0.05) is 52.9 Å². The second-order valence-electron chi connectivity index (χ2n) is 5.49. The second kappa shape index (κ2) is 13.9. The van der Waals surface area contributed by atoms with Crippen LogP contribution in [0.4, 0.5) is 0 Å². The Morgan fingerprint density at radius 3 is 1.90 bits per heavy atom. The molecule has 0 aromatic carbocycles. The smallest absolute Gasteiger partial charge is 0.309 e. The molecule has 0 saturated heterocycles. The summed E-state index contributed by atoms with van der Waals surface area (Å²) >= 11 is 0. The highest BCUT2D eigenvalue weighted by Gasteiger charge is 2.23. The van der Waals surface area contributed by atoms with Crippen LogP contribution in [0, 0.1) is 5.92 Å². The Kier molecular flexibility index (Phi) is 13.2. The molecule has 0 aliphatic heterocycles. The van der Waals surface area contributed by atoms with E-state index >= 15 is 0 Å². The SMILES string of the molecule is CCCCCOC(=O)CC(CCC)C(=O)OCCCCC. The molecule has 1 atom stereocenters. The van der Waals surface area contributed by atoms with E-state index in [0.717, 1.165) is 44.9 Å². The van der Waals surface area contributed by atoms with Crippen LogP contribution in [0.2, 0.25) is 0 Å². The first-order chi connectivity index (χ1) is 10.2. The predicted molar refractivity (Wildman–Crippen MR) is 84.0 cm³/mol. The molecular formula is C17H32O4. The summed E-state index contributed by atoms with van der Waals surface area (Å²) in [5.41, 5.74) is 0. The van der Waals surface area contributed by atoms with Gasteiger partial charge in [-0.05, 0) is 19.3 Å². The highest BCUT2D eigenvalue weighted by atomic mass is 16.5. The van der Waals surface area contributed by atoms with Crippen LogP contribution in [0.1, 0.15) is 78.6 Å². The van der Waals surface area contributed by atoms with Crippen LogP contribution in [0.3, 0.4) is 0 Å². The Labute approximate surface area is 129 Å². The quantitative estimate of drug-likeness (QED) is 0.377. The maximum Gasteiger partial charge on any atom is 0.309 e. The molecule has 0 saturated carbocycles. The summed E-state index contributed by atoms with van der Waals surface area (Å²) in [5, 5.41) is 0. The van der Waals surface area contributed by atoms with Gasteiger partial charge in [0, 0.05) is 0 Å². The molecule has 0 heterocycles. The van der Waals surface area contributed by atoms with Crippen molar-refractivity contribution in [1.82, 2.24) is 0 Å². The maximum atomic E-state index is 12.0. The zero-order chi connectivity index (χ0) is 15.9. The number of rotatable bonds is 13. The number of carbonyl (C=O) groups is 2. The molecule has 0 aromatic rings. The van der Waals surface area contributed by atoms with E-state index in [-0.39, 0.29) is 24.3 Å². The van der Waals surface area contributed by atoms with Crippen molar-refractivity contribution in [2.75, 3.05) is 13.2 Å². The Bertz CT molecular complexity index is 276. The lowest BCUT2D eigenvalue weighted by molar-refractivity contribution is -0.155. The molecule has 0 rings (SSSR count). The summed E-state index contributed by atoms with van der Waals surface area (Å²) in [4.78, 5) is 23.7. The van der Waals surface area contributed by atoms with Crippen LogP contribution < -0.4 is 0 Å². The summed E-state index contributed by atoms with van der Waals surface area (Å²) in [5.74, 6) is -0.885. The van der Waals surface area contributed by atoms with E-state index in [1.54, 1.807) is 0 Å². The van der Waals surface area contributed by atoms with Gasteiger partial charge in [0.2, 0.25) is 0 Å². The first-order valence-corrected chi connectivity index (χ1v) is 8.47. The lowest BCUT2D eigenvalue weighted by Crippen LogP contribution is -2.22. The highest BCUT2D eigenvalue weighted by molar-refractivity contribution is 5.79. The second-order valence-corrected chi connectivity index (χ2v) is 5.49. The standard InChI is InChI=1S/C17H32O4/c1-4-7-9-12-20-16(18)14-15(11-6-3)17(19)21-13-10-8-5-2/h15H,4-14H2,1-3H3. The molecule has 0 aromatic heterocycles. The molecule has 4 heteroatoms. The maximum absolute atomic E-state index is 12.0. The molecule has 4 nitrogen and oxygen atoms in total. The largest absolute Gasteiger partial charge is 0.466 e. The number of unbranched alkanes of at least 4 members (excludes halogenated alkanes) is 4. The van der Waals surface area contributed by atoms with Gasteiger partial charge in [-0.25, -0.2) is 0 Å². The molecule has 0 aliphatic carbocycles. The van der Waals surface area contributed by atoms with Gasteiger partial charge in [0.25, 0.3) is 0 Å². The Morgan fingerprint density at radius 2 is 1.38 bits per heavy atom. The molecule has 21 heavy (non-hydrogen) atoms. The lowest BCUT2D eigenvalue weighted by Gasteiger charge is -2.14. The number of hydrogen-bond donors (Lipinski definition) is 0. The van der Waals surface area contributed by atoms with Crippen molar-refractivity contribution in [1.29, 1.82) is 0 Å². The molecule has 124 valence electrons. The lowest BCUT2D eigenvalue weighted by atomic mass is 10.0. The Hall–Kier alpha value is -1.06. The monoisotopic (exact) mass is 300 g/mol. The fourth-order valence-electron chi connectivity index (χ4n) is 2.09. The van der Waals surface area contributed by atoms with Crippen LogP contribution in [0.15, 0.2) is 0 Å². The van der Waals surface area contributed by atoms with Gasteiger partial charge in [-0.15, -0.1) is 0 Å². The number of esters is 2. The minimum Gasteiger partial charge on any atom is -0.466 e. The van der Waals surface area contributed by atoms with Crippen LogP contribution in [0.25, 0.3) is 0 Å². The Balaban J connectivity index is 4.02. The zero-order valence-electron chi connectivity index (χ0n) is 14.0. The molecule has 0 aliphatic rings. The van der Waals surface area contributed by atoms with Crippen molar-refractivity contribution in [2.45, 2.75) is 78.6 Å². The van der Waals surface area contributed by atoms with Crippen molar-refractivity contribution < 1.29 is 19.1 Å².